The van der Waals surface area contributed by atoms with Crippen molar-refractivity contribution in [2.24, 2.45) is 0 Å². The first-order chi connectivity index (χ1) is 7.45. The van der Waals surface area contributed by atoms with Crippen molar-refractivity contribution in [1.29, 1.82) is 0 Å². The molecule has 0 amide bonds. The Morgan fingerprint density at radius 3 is 2.75 bits per heavy atom. The number of nitrogens with zero attached hydrogens (tertiary/aromatic N) is 2. The number of aliphatic carboxylic acids is 1. The summed E-state index contributed by atoms with van der Waals surface area (Å²) < 4.78 is -0.863. The van der Waals surface area contributed by atoms with Crippen LogP contribution in [-0.2, 0) is 11.2 Å². The molecule has 0 fully saturated rings. The Kier molecular flexibility index (Phi) is 4.29. The van der Waals surface area contributed by atoms with E-state index in [0.717, 1.165) is 18.5 Å². The maximum atomic E-state index is 11.0. The third-order valence-electron chi connectivity index (χ3n) is 2.08. The molecule has 1 N–H and O–H groups in total. The second-order valence-electron chi connectivity index (χ2n) is 4.02. The molecule has 0 saturated carbocycles. The Morgan fingerprint density at radius 2 is 2.19 bits per heavy atom. The lowest BCUT2D eigenvalue weighted by molar-refractivity contribution is -0.138. The third-order valence-corrected chi connectivity index (χ3v) is 3.20. The van der Waals surface area contributed by atoms with E-state index in [2.05, 4.69) is 16.9 Å². The van der Waals surface area contributed by atoms with Crippen molar-refractivity contribution in [1.82, 2.24) is 9.97 Å². The van der Waals surface area contributed by atoms with Crippen LogP contribution in [0.4, 0.5) is 0 Å². The van der Waals surface area contributed by atoms with Crippen LogP contribution in [0.1, 0.15) is 32.9 Å². The molecule has 1 aromatic rings. The number of carbonyl (C=O) groups is 1. The summed E-state index contributed by atoms with van der Waals surface area (Å²) in [4.78, 5) is 19.2. The van der Waals surface area contributed by atoms with Crippen LogP contribution in [0.15, 0.2) is 17.4 Å². The fraction of sp³-hybridized carbons (Fsp3) is 0.545. The minimum atomic E-state index is -0.863. The Morgan fingerprint density at radius 1 is 1.50 bits per heavy atom. The van der Waals surface area contributed by atoms with Gasteiger partial charge in [0.1, 0.15) is 16.1 Å². The van der Waals surface area contributed by atoms with Crippen molar-refractivity contribution < 1.29 is 9.90 Å². The lowest BCUT2D eigenvalue weighted by Crippen LogP contribution is -2.27. The van der Waals surface area contributed by atoms with E-state index in [1.165, 1.54) is 18.1 Å². The molecule has 5 heteroatoms. The molecule has 1 aromatic heterocycles. The second-order valence-corrected chi connectivity index (χ2v) is 5.66. The normalized spacial score (nSPS) is 11.4. The zero-order valence-corrected chi connectivity index (χ0v) is 10.5. The molecular formula is C11H16N2O2S. The summed E-state index contributed by atoms with van der Waals surface area (Å²) in [5.41, 5.74) is 0.959. The monoisotopic (exact) mass is 240 g/mol. The lowest BCUT2D eigenvalue weighted by atomic mass is 10.2. The Bertz CT molecular complexity index is 380. The SMILES string of the molecule is CCCc1cc(SC(C)(C)C(=O)O)ncn1. The summed E-state index contributed by atoms with van der Waals surface area (Å²) in [6.45, 7) is 5.42. The van der Waals surface area contributed by atoms with E-state index in [1.807, 2.05) is 6.07 Å². The van der Waals surface area contributed by atoms with E-state index in [1.54, 1.807) is 13.8 Å². The smallest absolute Gasteiger partial charge is 0.319 e. The first kappa shape index (κ1) is 13.0. The number of aromatic nitrogens is 2. The molecule has 1 rings (SSSR count). The predicted molar refractivity (Wildman–Crippen MR) is 63.6 cm³/mol. The molecule has 0 aliphatic rings. The molecule has 0 bridgehead atoms. The van der Waals surface area contributed by atoms with Crippen LogP contribution in [0.5, 0.6) is 0 Å². The van der Waals surface area contributed by atoms with Gasteiger partial charge >= 0.3 is 5.97 Å². The highest BCUT2D eigenvalue weighted by Crippen LogP contribution is 2.31. The van der Waals surface area contributed by atoms with Crippen LogP contribution in [0.3, 0.4) is 0 Å². The first-order valence-electron chi connectivity index (χ1n) is 5.19. The molecule has 88 valence electrons. The van der Waals surface area contributed by atoms with E-state index in [0.29, 0.717) is 5.03 Å². The number of aryl methyl sites for hydroxylation is 1. The zero-order chi connectivity index (χ0) is 12.2. The van der Waals surface area contributed by atoms with Crippen LogP contribution in [0.25, 0.3) is 0 Å². The van der Waals surface area contributed by atoms with E-state index in [-0.39, 0.29) is 0 Å². The fourth-order valence-corrected chi connectivity index (χ4v) is 2.04. The van der Waals surface area contributed by atoms with Crippen molar-refractivity contribution in [3.8, 4) is 0 Å². The summed E-state index contributed by atoms with van der Waals surface area (Å²) in [7, 11) is 0. The Balaban J connectivity index is 2.81. The summed E-state index contributed by atoms with van der Waals surface area (Å²) in [6.07, 6.45) is 3.40. The van der Waals surface area contributed by atoms with Crippen LogP contribution in [-0.4, -0.2) is 25.8 Å². The largest absolute Gasteiger partial charge is 0.480 e. The van der Waals surface area contributed by atoms with Gasteiger partial charge in [-0.05, 0) is 26.3 Å². The minimum Gasteiger partial charge on any atom is -0.480 e. The van der Waals surface area contributed by atoms with Crippen molar-refractivity contribution >= 4 is 17.7 Å². The number of thioether (sulfide) groups is 1. The molecular weight excluding hydrogens is 224 g/mol. The molecule has 0 aliphatic heterocycles. The molecule has 0 aliphatic carbocycles. The Labute approximate surface area is 99.5 Å². The molecule has 4 nitrogen and oxygen atoms in total. The van der Waals surface area contributed by atoms with E-state index >= 15 is 0 Å². The van der Waals surface area contributed by atoms with Crippen molar-refractivity contribution in [2.75, 3.05) is 0 Å². The minimum absolute atomic E-state index is 0.714. The van der Waals surface area contributed by atoms with Crippen molar-refractivity contribution in [2.45, 2.75) is 43.4 Å². The summed E-state index contributed by atoms with van der Waals surface area (Å²) >= 11 is 1.24. The zero-order valence-electron chi connectivity index (χ0n) is 9.73. The van der Waals surface area contributed by atoms with Gasteiger partial charge in [-0.25, -0.2) is 9.97 Å². The van der Waals surface area contributed by atoms with Gasteiger partial charge in [0, 0.05) is 5.69 Å². The van der Waals surface area contributed by atoms with Gasteiger partial charge in [0.15, 0.2) is 0 Å². The van der Waals surface area contributed by atoms with Gasteiger partial charge in [-0.3, -0.25) is 4.79 Å². The van der Waals surface area contributed by atoms with Gasteiger partial charge in [0.2, 0.25) is 0 Å². The molecule has 0 radical (unpaired) electrons. The van der Waals surface area contributed by atoms with Crippen LogP contribution < -0.4 is 0 Å². The fourth-order valence-electron chi connectivity index (χ4n) is 1.13. The maximum Gasteiger partial charge on any atom is 0.319 e. The van der Waals surface area contributed by atoms with Crippen LogP contribution in [0.2, 0.25) is 0 Å². The van der Waals surface area contributed by atoms with Crippen molar-refractivity contribution in [3.05, 3.63) is 18.1 Å². The Hall–Kier alpha value is -1.10. The van der Waals surface area contributed by atoms with Gasteiger partial charge in [-0.15, -0.1) is 0 Å². The van der Waals surface area contributed by atoms with E-state index < -0.39 is 10.7 Å². The average molecular weight is 240 g/mol. The van der Waals surface area contributed by atoms with Gasteiger partial charge < -0.3 is 5.11 Å². The molecule has 0 atom stereocenters. The molecule has 0 unspecified atom stereocenters. The molecule has 0 aromatic carbocycles. The van der Waals surface area contributed by atoms with E-state index in [9.17, 15) is 4.79 Å². The number of hydrogen-bond donors (Lipinski definition) is 1. The number of carboxylic acids is 1. The van der Waals surface area contributed by atoms with Crippen LogP contribution >= 0.6 is 11.8 Å². The molecule has 0 spiro atoms. The second kappa shape index (κ2) is 5.30. The highest BCUT2D eigenvalue weighted by Gasteiger charge is 2.29. The van der Waals surface area contributed by atoms with Gasteiger partial charge in [-0.2, -0.15) is 0 Å². The quantitative estimate of drug-likeness (QED) is 0.632. The molecule has 0 saturated heterocycles. The van der Waals surface area contributed by atoms with Gasteiger partial charge in [-0.1, -0.05) is 25.1 Å². The standard InChI is InChI=1S/C11H16N2O2S/c1-4-5-8-6-9(13-7-12-8)16-11(2,3)10(14)15/h6-7H,4-5H2,1-3H3,(H,14,15). The summed E-state index contributed by atoms with van der Waals surface area (Å²) in [5.74, 6) is -0.840. The summed E-state index contributed by atoms with van der Waals surface area (Å²) in [6, 6.07) is 1.86. The highest BCUT2D eigenvalue weighted by atomic mass is 32.2. The third kappa shape index (κ3) is 3.48. The first-order valence-corrected chi connectivity index (χ1v) is 6.00. The summed E-state index contributed by atoms with van der Waals surface area (Å²) in [5, 5.41) is 9.72. The highest BCUT2D eigenvalue weighted by molar-refractivity contribution is 8.01. The predicted octanol–water partition coefficient (Wildman–Crippen LogP) is 2.38. The number of hydrogen-bond acceptors (Lipinski definition) is 4. The van der Waals surface area contributed by atoms with Gasteiger partial charge in [0.05, 0.1) is 0 Å². The molecule has 1 heterocycles. The average Bonchev–Trinajstić information content (AvgIpc) is 2.17. The topological polar surface area (TPSA) is 63.1 Å². The van der Waals surface area contributed by atoms with Crippen LogP contribution in [0, 0.1) is 0 Å². The maximum absolute atomic E-state index is 11.0. The number of rotatable bonds is 5. The lowest BCUT2D eigenvalue weighted by Gasteiger charge is -2.17. The van der Waals surface area contributed by atoms with E-state index in [4.69, 9.17) is 5.11 Å². The number of carboxylic acid groups (broad SMARTS) is 1. The van der Waals surface area contributed by atoms with Crippen molar-refractivity contribution in [3.63, 3.8) is 0 Å². The van der Waals surface area contributed by atoms with Gasteiger partial charge in [0.25, 0.3) is 0 Å². The molecule has 16 heavy (non-hydrogen) atoms.